The van der Waals surface area contributed by atoms with Crippen molar-refractivity contribution in [3.8, 4) is 11.3 Å². The topological polar surface area (TPSA) is 49.6 Å². The number of benzene rings is 3. The van der Waals surface area contributed by atoms with E-state index in [0.717, 1.165) is 29.4 Å². The first-order valence-corrected chi connectivity index (χ1v) is 9.81. The number of amides is 1. The van der Waals surface area contributed by atoms with Crippen LogP contribution < -0.4 is 4.90 Å². The molecule has 1 aliphatic heterocycles. The Morgan fingerprint density at radius 2 is 1.55 bits per heavy atom. The first-order valence-electron chi connectivity index (χ1n) is 9.81. The van der Waals surface area contributed by atoms with E-state index in [1.54, 1.807) is 0 Å². The number of aromatic nitrogens is 1. The molecule has 1 saturated heterocycles. The molecule has 0 saturated carbocycles. The average Bonchev–Trinajstić information content (AvgIpc) is 3.29. The number of rotatable bonds is 3. The zero-order valence-electron chi connectivity index (χ0n) is 16.0. The lowest BCUT2D eigenvalue weighted by atomic mass is 10.0. The lowest BCUT2D eigenvalue weighted by Gasteiger charge is -2.35. The van der Waals surface area contributed by atoms with Crippen LogP contribution in [0.25, 0.3) is 22.1 Å². The van der Waals surface area contributed by atoms with Crippen LogP contribution in [-0.2, 0) is 0 Å². The Labute approximate surface area is 169 Å². The molecule has 0 bridgehead atoms. The van der Waals surface area contributed by atoms with E-state index in [4.69, 9.17) is 4.42 Å². The fraction of sp³-hybridized carbons (Fsp3) is 0.167. The van der Waals surface area contributed by atoms with Gasteiger partial charge in [0.15, 0.2) is 17.8 Å². The fourth-order valence-corrected chi connectivity index (χ4v) is 3.89. The van der Waals surface area contributed by atoms with Gasteiger partial charge in [0.05, 0.1) is 0 Å². The highest BCUT2D eigenvalue weighted by atomic mass is 16.3. The molecule has 0 spiro atoms. The summed E-state index contributed by atoms with van der Waals surface area (Å²) in [6.45, 7) is 2.94. The van der Waals surface area contributed by atoms with Crippen molar-refractivity contribution in [1.29, 1.82) is 0 Å². The highest BCUT2D eigenvalue weighted by Gasteiger charge is 2.27. The van der Waals surface area contributed by atoms with Crippen molar-refractivity contribution in [2.24, 2.45) is 0 Å². The summed E-state index contributed by atoms with van der Waals surface area (Å²) < 4.78 is 5.63. The van der Waals surface area contributed by atoms with Crippen LogP contribution in [0.15, 0.2) is 83.6 Å². The van der Waals surface area contributed by atoms with Gasteiger partial charge in [-0.15, -0.1) is 0 Å². The Bertz CT molecular complexity index is 1140. The monoisotopic (exact) mass is 383 g/mol. The van der Waals surface area contributed by atoms with Crippen molar-refractivity contribution in [1.82, 2.24) is 9.88 Å². The highest BCUT2D eigenvalue weighted by molar-refractivity contribution is 5.99. The van der Waals surface area contributed by atoms with Crippen molar-refractivity contribution < 1.29 is 9.21 Å². The maximum absolute atomic E-state index is 13.1. The molecule has 0 radical (unpaired) electrons. The molecule has 5 heteroatoms. The second kappa shape index (κ2) is 7.43. The van der Waals surface area contributed by atoms with Crippen molar-refractivity contribution >= 4 is 22.4 Å². The van der Waals surface area contributed by atoms with Crippen LogP contribution in [0.3, 0.4) is 0 Å². The van der Waals surface area contributed by atoms with Crippen molar-refractivity contribution in [2.75, 3.05) is 31.1 Å². The summed E-state index contributed by atoms with van der Waals surface area (Å²) in [5.41, 5.74) is 2.44. The summed E-state index contributed by atoms with van der Waals surface area (Å²) >= 11 is 0. The zero-order valence-corrected chi connectivity index (χ0v) is 16.0. The lowest BCUT2D eigenvalue weighted by molar-refractivity contribution is 0.0742. The summed E-state index contributed by atoms with van der Waals surface area (Å²) in [7, 11) is 0. The van der Waals surface area contributed by atoms with E-state index in [1.807, 2.05) is 53.4 Å². The Balaban J connectivity index is 1.36. The molecule has 144 valence electrons. The van der Waals surface area contributed by atoms with Gasteiger partial charge in [-0.1, -0.05) is 54.6 Å². The van der Waals surface area contributed by atoms with E-state index < -0.39 is 0 Å². The quantitative estimate of drug-likeness (QED) is 0.524. The Kier molecular flexibility index (Phi) is 4.48. The normalized spacial score (nSPS) is 14.3. The van der Waals surface area contributed by atoms with Gasteiger partial charge in [-0.05, 0) is 29.0 Å². The summed E-state index contributed by atoms with van der Waals surface area (Å²) in [5, 5.41) is 2.26. The SMILES string of the molecule is O=C(c1ncoc1-c1ccc2ccccc2c1)N1CCN(c2ccccc2)CC1. The van der Waals surface area contributed by atoms with E-state index in [0.29, 0.717) is 24.5 Å². The Morgan fingerprint density at radius 1 is 0.828 bits per heavy atom. The van der Waals surface area contributed by atoms with Gasteiger partial charge < -0.3 is 14.2 Å². The standard InChI is InChI=1S/C24H21N3O2/c28-24(27-14-12-26(13-15-27)21-8-2-1-3-9-21)22-23(29-17-25-22)20-11-10-18-6-4-5-7-19(18)16-20/h1-11,16-17H,12-15H2. The van der Waals surface area contributed by atoms with E-state index in [1.165, 1.54) is 12.1 Å². The Hall–Kier alpha value is -3.60. The second-order valence-corrected chi connectivity index (χ2v) is 7.21. The van der Waals surface area contributed by atoms with Crippen molar-refractivity contribution in [3.05, 3.63) is 84.9 Å². The van der Waals surface area contributed by atoms with E-state index >= 15 is 0 Å². The summed E-state index contributed by atoms with van der Waals surface area (Å²) in [6.07, 6.45) is 1.36. The third-order valence-electron chi connectivity index (χ3n) is 5.47. The maximum atomic E-state index is 13.1. The molecule has 0 aliphatic carbocycles. The minimum Gasteiger partial charge on any atom is -0.443 e. The molecule has 1 amide bonds. The number of piperazine rings is 1. The molecule has 2 heterocycles. The van der Waals surface area contributed by atoms with Gasteiger partial charge >= 0.3 is 0 Å². The van der Waals surface area contributed by atoms with E-state index in [-0.39, 0.29) is 5.91 Å². The van der Waals surface area contributed by atoms with Crippen LogP contribution in [-0.4, -0.2) is 42.0 Å². The molecule has 0 N–H and O–H groups in total. The molecule has 1 fully saturated rings. The molecule has 0 atom stereocenters. The van der Waals surface area contributed by atoms with Gasteiger partial charge in [0.25, 0.3) is 5.91 Å². The molecule has 29 heavy (non-hydrogen) atoms. The Morgan fingerprint density at radius 3 is 2.34 bits per heavy atom. The van der Waals surface area contributed by atoms with Gasteiger partial charge in [-0.25, -0.2) is 4.98 Å². The summed E-state index contributed by atoms with van der Waals surface area (Å²) in [4.78, 5) is 21.6. The molecular formula is C24H21N3O2. The predicted molar refractivity (Wildman–Crippen MR) is 114 cm³/mol. The minimum absolute atomic E-state index is 0.0744. The van der Waals surface area contributed by atoms with Crippen LogP contribution in [0.4, 0.5) is 5.69 Å². The molecule has 5 rings (SSSR count). The first-order chi connectivity index (χ1) is 14.3. The number of oxazole rings is 1. The zero-order chi connectivity index (χ0) is 19.6. The van der Waals surface area contributed by atoms with Crippen LogP contribution in [0.2, 0.25) is 0 Å². The molecular weight excluding hydrogens is 362 g/mol. The van der Waals surface area contributed by atoms with Crippen molar-refractivity contribution in [2.45, 2.75) is 0 Å². The highest BCUT2D eigenvalue weighted by Crippen LogP contribution is 2.28. The predicted octanol–water partition coefficient (Wildman–Crippen LogP) is 4.46. The van der Waals surface area contributed by atoms with Crippen LogP contribution in [0.5, 0.6) is 0 Å². The molecule has 4 aromatic rings. The van der Waals surface area contributed by atoms with Gasteiger partial charge in [-0.3, -0.25) is 4.79 Å². The first kappa shape index (κ1) is 17.5. The number of carbonyl (C=O) groups excluding carboxylic acids is 1. The fourth-order valence-electron chi connectivity index (χ4n) is 3.89. The number of carbonyl (C=O) groups is 1. The molecule has 0 unspecified atom stereocenters. The molecule has 1 aliphatic rings. The summed E-state index contributed by atoms with van der Waals surface area (Å²) in [6, 6.07) is 24.5. The van der Waals surface area contributed by atoms with E-state index in [9.17, 15) is 4.79 Å². The number of anilines is 1. The third-order valence-corrected chi connectivity index (χ3v) is 5.47. The summed E-state index contributed by atoms with van der Waals surface area (Å²) in [5.74, 6) is 0.459. The number of fused-ring (bicyclic) bond motifs is 1. The third kappa shape index (κ3) is 3.36. The smallest absolute Gasteiger partial charge is 0.276 e. The lowest BCUT2D eigenvalue weighted by Crippen LogP contribution is -2.49. The second-order valence-electron chi connectivity index (χ2n) is 7.21. The maximum Gasteiger partial charge on any atom is 0.276 e. The molecule has 1 aromatic heterocycles. The number of hydrogen-bond donors (Lipinski definition) is 0. The molecule has 5 nitrogen and oxygen atoms in total. The van der Waals surface area contributed by atoms with Crippen LogP contribution in [0.1, 0.15) is 10.5 Å². The van der Waals surface area contributed by atoms with Gasteiger partial charge in [0.2, 0.25) is 0 Å². The minimum atomic E-state index is -0.0744. The number of nitrogens with zero attached hydrogens (tertiary/aromatic N) is 3. The number of hydrogen-bond acceptors (Lipinski definition) is 4. The number of para-hydroxylation sites is 1. The van der Waals surface area contributed by atoms with E-state index in [2.05, 4.69) is 34.1 Å². The van der Waals surface area contributed by atoms with Gasteiger partial charge in [0, 0.05) is 37.4 Å². The van der Waals surface area contributed by atoms with Gasteiger partial charge in [0.1, 0.15) is 0 Å². The van der Waals surface area contributed by atoms with Crippen LogP contribution >= 0.6 is 0 Å². The average molecular weight is 383 g/mol. The molecule has 3 aromatic carbocycles. The van der Waals surface area contributed by atoms with Crippen molar-refractivity contribution in [3.63, 3.8) is 0 Å². The van der Waals surface area contributed by atoms with Gasteiger partial charge in [-0.2, -0.15) is 0 Å². The van der Waals surface area contributed by atoms with Crippen LogP contribution in [0, 0.1) is 0 Å². The largest absolute Gasteiger partial charge is 0.443 e.